The molecule has 11 heteroatoms. The maximum absolute atomic E-state index is 12.8. The van der Waals surface area contributed by atoms with Crippen LogP contribution in [0.25, 0.3) is 0 Å². The van der Waals surface area contributed by atoms with E-state index < -0.39 is 32.4 Å². The number of phosphoric ester groups is 1. The van der Waals surface area contributed by atoms with Crippen molar-refractivity contribution in [3.8, 4) is 0 Å². The number of ketones is 1. The molecule has 2 heterocycles. The average Bonchev–Trinajstić information content (AvgIpc) is 3.28. The van der Waals surface area contributed by atoms with Crippen LogP contribution in [-0.2, 0) is 27.6 Å². The van der Waals surface area contributed by atoms with Crippen molar-refractivity contribution in [3.05, 3.63) is 30.1 Å². The van der Waals surface area contributed by atoms with Gasteiger partial charge in [0.1, 0.15) is 12.2 Å². The molecule has 42 heavy (non-hydrogen) atoms. The van der Waals surface area contributed by atoms with E-state index in [0.717, 1.165) is 6.42 Å². The highest BCUT2D eigenvalue weighted by Crippen LogP contribution is 2.49. The van der Waals surface area contributed by atoms with Gasteiger partial charge in [0.05, 0.1) is 18.8 Å². The van der Waals surface area contributed by atoms with Gasteiger partial charge in [-0.15, -0.1) is 0 Å². The number of unbranched alkanes of at least 4 members (excludes halogenated alkanes) is 12. The number of hydrogen-bond donors (Lipinski definition) is 2. The lowest BCUT2D eigenvalue weighted by Gasteiger charge is -2.19. The topological polar surface area (TPSA) is 125 Å². The summed E-state index contributed by atoms with van der Waals surface area (Å²) >= 11 is 0. The molecule has 0 bridgehead atoms. The molecule has 0 aromatic carbocycles. The Kier molecular flexibility index (Phi) is 18.9. The fourth-order valence-electron chi connectivity index (χ4n) is 4.94. The molecule has 242 valence electrons. The molecule has 1 aromatic rings. The summed E-state index contributed by atoms with van der Waals surface area (Å²) < 4.78 is 41.5. The van der Waals surface area contributed by atoms with Crippen molar-refractivity contribution in [3.63, 3.8) is 0 Å². The largest absolute Gasteiger partial charge is 0.474 e. The number of ether oxygens (including phenoxy) is 2. The summed E-state index contributed by atoms with van der Waals surface area (Å²) in [5.74, 6) is -0.138. The molecule has 0 saturated carbocycles. The molecule has 2 rings (SSSR count). The van der Waals surface area contributed by atoms with Gasteiger partial charge < -0.3 is 19.7 Å². The molecule has 1 aliphatic rings. The molecule has 0 spiro atoms. The average molecular weight is 617 g/mol. The van der Waals surface area contributed by atoms with Gasteiger partial charge in [-0.05, 0) is 25.8 Å². The molecule has 0 aliphatic carbocycles. The Bertz CT molecular complexity index is 918. The predicted octanol–water partition coefficient (Wildman–Crippen LogP) is 6.08. The van der Waals surface area contributed by atoms with Gasteiger partial charge in [-0.1, -0.05) is 84.0 Å². The Labute approximate surface area is 252 Å². The van der Waals surface area contributed by atoms with Gasteiger partial charge in [-0.3, -0.25) is 18.4 Å². The molecular formula is C31H55NO9P+. The summed E-state index contributed by atoms with van der Waals surface area (Å²) in [4.78, 5) is 11.7. The van der Waals surface area contributed by atoms with Crippen LogP contribution in [0.1, 0.15) is 120 Å². The van der Waals surface area contributed by atoms with Crippen LogP contribution in [-0.4, -0.2) is 67.8 Å². The number of nitrogens with zero attached hydrogens (tertiary/aromatic N) is 1. The van der Waals surface area contributed by atoms with Crippen LogP contribution < -0.4 is 4.57 Å². The summed E-state index contributed by atoms with van der Waals surface area (Å²) in [6.07, 6.45) is 16.3. The molecule has 1 aromatic heterocycles. The van der Waals surface area contributed by atoms with Crippen LogP contribution in [0.4, 0.5) is 0 Å². The Morgan fingerprint density at radius 1 is 0.881 bits per heavy atom. The number of aliphatic hydroxyl groups is 2. The van der Waals surface area contributed by atoms with Crippen molar-refractivity contribution in [1.82, 2.24) is 0 Å². The van der Waals surface area contributed by atoms with Gasteiger partial charge >= 0.3 is 7.82 Å². The SMILES string of the molecule is CCCCCCCCCCCCCCCOCCCOP(=O)(OC)OCC1OC([n+]2cccc(C(C)=O)c2)C(O)C1O. The minimum atomic E-state index is -3.88. The molecule has 0 radical (unpaired) electrons. The summed E-state index contributed by atoms with van der Waals surface area (Å²) in [5.41, 5.74) is 0.438. The number of rotatable bonds is 25. The van der Waals surface area contributed by atoms with E-state index in [4.69, 9.17) is 23.0 Å². The predicted molar refractivity (Wildman–Crippen MR) is 160 cm³/mol. The van der Waals surface area contributed by atoms with Crippen LogP contribution in [0.15, 0.2) is 24.5 Å². The third-order valence-electron chi connectivity index (χ3n) is 7.55. The highest BCUT2D eigenvalue weighted by molar-refractivity contribution is 7.48. The monoisotopic (exact) mass is 616 g/mol. The Hall–Kier alpha value is -1.23. The van der Waals surface area contributed by atoms with Crippen LogP contribution in [0.5, 0.6) is 0 Å². The molecule has 5 unspecified atom stereocenters. The summed E-state index contributed by atoms with van der Waals surface area (Å²) in [6, 6.07) is 3.30. The van der Waals surface area contributed by atoms with E-state index >= 15 is 0 Å². The van der Waals surface area contributed by atoms with Crippen molar-refractivity contribution >= 4 is 13.6 Å². The normalized spacial score (nSPS) is 21.9. The number of hydrogen-bond acceptors (Lipinski definition) is 9. The first-order valence-corrected chi connectivity index (χ1v) is 17.3. The van der Waals surface area contributed by atoms with Gasteiger partial charge in [-0.25, -0.2) is 4.57 Å². The standard InChI is InChI=1S/C31H55NO9P/c1-4-5-6-7-8-9-10-11-12-13-14-15-16-21-38-22-18-23-39-42(36,37-3)40-25-28-29(34)30(35)31(41-28)32-20-17-19-27(24-32)26(2)33/h17,19-20,24,28-31,34-35H,4-16,18,21-23,25H2,1-3H3/q+1. The maximum atomic E-state index is 12.8. The number of aliphatic hydroxyl groups excluding tert-OH is 2. The van der Waals surface area contributed by atoms with Gasteiger partial charge in [0, 0.05) is 26.4 Å². The number of carbonyl (C=O) groups excluding carboxylic acids is 1. The molecule has 1 saturated heterocycles. The van der Waals surface area contributed by atoms with Crippen molar-refractivity contribution in [2.24, 2.45) is 0 Å². The minimum absolute atomic E-state index is 0.122. The second-order valence-corrected chi connectivity index (χ2v) is 12.9. The molecule has 0 amide bonds. The molecular weight excluding hydrogens is 561 g/mol. The first-order chi connectivity index (χ1) is 20.3. The maximum Gasteiger partial charge on any atom is 0.474 e. The van der Waals surface area contributed by atoms with E-state index in [2.05, 4.69) is 6.92 Å². The fourth-order valence-corrected chi connectivity index (χ4v) is 5.91. The zero-order valence-corrected chi connectivity index (χ0v) is 26.9. The second-order valence-electron chi connectivity index (χ2n) is 11.1. The Balaban J connectivity index is 1.52. The van der Waals surface area contributed by atoms with E-state index in [9.17, 15) is 19.6 Å². The summed E-state index contributed by atoms with van der Waals surface area (Å²) in [6.45, 7) is 4.68. The van der Waals surface area contributed by atoms with Crippen LogP contribution in [0.2, 0.25) is 0 Å². The highest BCUT2D eigenvalue weighted by atomic mass is 31.2. The third kappa shape index (κ3) is 14.0. The first-order valence-electron chi connectivity index (χ1n) is 15.9. The lowest BCUT2D eigenvalue weighted by Crippen LogP contribution is -2.46. The van der Waals surface area contributed by atoms with Crippen LogP contribution >= 0.6 is 7.82 Å². The zero-order chi connectivity index (χ0) is 30.6. The lowest BCUT2D eigenvalue weighted by atomic mass is 10.0. The van der Waals surface area contributed by atoms with Crippen molar-refractivity contribution in [1.29, 1.82) is 0 Å². The molecule has 1 fully saturated rings. The summed E-state index contributed by atoms with van der Waals surface area (Å²) in [7, 11) is -2.66. The molecule has 5 atom stereocenters. The molecule has 2 N–H and O–H groups in total. The zero-order valence-electron chi connectivity index (χ0n) is 26.0. The van der Waals surface area contributed by atoms with Crippen molar-refractivity contribution in [2.75, 3.05) is 33.5 Å². The van der Waals surface area contributed by atoms with Gasteiger partial charge in [0.25, 0.3) is 6.23 Å². The smallest absolute Gasteiger partial charge is 0.387 e. The Morgan fingerprint density at radius 3 is 2.07 bits per heavy atom. The van der Waals surface area contributed by atoms with E-state index in [1.807, 2.05) is 0 Å². The van der Waals surface area contributed by atoms with E-state index in [-0.39, 0.29) is 19.0 Å². The quantitative estimate of drug-likeness (QED) is 0.0582. The number of Topliss-reactive ketones (excluding diaryl/α,β-unsaturated/α-hetero) is 1. The molecule has 1 aliphatic heterocycles. The Morgan fingerprint density at radius 2 is 1.48 bits per heavy atom. The first kappa shape index (κ1) is 37.0. The van der Waals surface area contributed by atoms with Gasteiger partial charge in [0.15, 0.2) is 24.3 Å². The number of phosphoric acid groups is 1. The second kappa shape index (κ2) is 21.5. The minimum Gasteiger partial charge on any atom is -0.387 e. The highest BCUT2D eigenvalue weighted by Gasteiger charge is 2.49. The third-order valence-corrected chi connectivity index (χ3v) is 8.97. The van der Waals surface area contributed by atoms with Crippen molar-refractivity contribution in [2.45, 2.75) is 128 Å². The fraction of sp³-hybridized carbons (Fsp3) is 0.806. The van der Waals surface area contributed by atoms with E-state index in [1.54, 1.807) is 18.3 Å². The summed E-state index contributed by atoms with van der Waals surface area (Å²) in [5, 5.41) is 20.9. The number of pyridine rings is 1. The van der Waals surface area contributed by atoms with Crippen LogP contribution in [0, 0.1) is 0 Å². The number of carbonyl (C=O) groups is 1. The van der Waals surface area contributed by atoms with Crippen molar-refractivity contribution < 1.29 is 47.2 Å². The van der Waals surface area contributed by atoms with E-state index in [0.29, 0.717) is 25.2 Å². The molecule has 10 nitrogen and oxygen atoms in total. The van der Waals surface area contributed by atoms with E-state index in [1.165, 1.54) is 102 Å². The van der Waals surface area contributed by atoms with Gasteiger partial charge in [-0.2, -0.15) is 4.57 Å². The van der Waals surface area contributed by atoms with Gasteiger partial charge in [0.2, 0.25) is 0 Å². The van der Waals surface area contributed by atoms with Crippen LogP contribution in [0.3, 0.4) is 0 Å². The number of aromatic nitrogens is 1. The lowest BCUT2D eigenvalue weighted by molar-refractivity contribution is -0.765.